The summed E-state index contributed by atoms with van der Waals surface area (Å²) in [7, 11) is 3.18. The lowest BCUT2D eigenvalue weighted by Crippen LogP contribution is -2.12. The van der Waals surface area contributed by atoms with Crippen LogP contribution in [-0.2, 0) is 4.74 Å². The van der Waals surface area contributed by atoms with Crippen LogP contribution in [0.4, 0.5) is 11.5 Å². The molecule has 0 aliphatic heterocycles. The standard InChI is InChI=1S/C25H26N4O4/c1-6-33-25(30)23-27-22(26-19-13-12-18(31-4)14-20(19)32-5)21-15(2)16(3)29(24(21)28-23)17-10-8-7-9-11-17/h7-14H,6H2,1-5H3,(H,26,27,28). The topological polar surface area (TPSA) is 87.5 Å². The van der Waals surface area contributed by atoms with E-state index in [0.717, 1.165) is 22.3 Å². The highest BCUT2D eigenvalue weighted by Gasteiger charge is 2.23. The van der Waals surface area contributed by atoms with Gasteiger partial charge in [0.25, 0.3) is 0 Å². The number of nitrogens with zero attached hydrogens (tertiary/aromatic N) is 3. The minimum Gasteiger partial charge on any atom is -0.497 e. The van der Waals surface area contributed by atoms with Crippen molar-refractivity contribution < 1.29 is 19.0 Å². The van der Waals surface area contributed by atoms with Gasteiger partial charge in [0.15, 0.2) is 5.65 Å². The van der Waals surface area contributed by atoms with E-state index >= 15 is 0 Å². The first-order valence-corrected chi connectivity index (χ1v) is 10.6. The van der Waals surface area contributed by atoms with Crippen molar-refractivity contribution in [3.8, 4) is 17.2 Å². The summed E-state index contributed by atoms with van der Waals surface area (Å²) in [5.41, 5.74) is 4.23. The van der Waals surface area contributed by atoms with Gasteiger partial charge < -0.3 is 19.5 Å². The number of hydrogen-bond acceptors (Lipinski definition) is 7. The van der Waals surface area contributed by atoms with E-state index in [1.54, 1.807) is 27.2 Å². The lowest BCUT2D eigenvalue weighted by Gasteiger charge is -2.14. The molecule has 4 rings (SSSR count). The third kappa shape index (κ3) is 4.07. The molecule has 2 aromatic heterocycles. The van der Waals surface area contributed by atoms with Crippen LogP contribution in [-0.4, -0.2) is 41.3 Å². The summed E-state index contributed by atoms with van der Waals surface area (Å²) in [6.07, 6.45) is 0. The Morgan fingerprint density at radius 1 is 1.03 bits per heavy atom. The minimum absolute atomic E-state index is 0.0194. The summed E-state index contributed by atoms with van der Waals surface area (Å²) in [6.45, 7) is 6.01. The second-order valence-electron chi connectivity index (χ2n) is 7.39. The summed E-state index contributed by atoms with van der Waals surface area (Å²) in [4.78, 5) is 21.8. The largest absolute Gasteiger partial charge is 0.497 e. The number of methoxy groups -OCH3 is 2. The molecule has 170 valence electrons. The van der Waals surface area contributed by atoms with Gasteiger partial charge in [-0.1, -0.05) is 18.2 Å². The van der Waals surface area contributed by atoms with E-state index in [9.17, 15) is 4.79 Å². The number of esters is 1. The smallest absolute Gasteiger partial charge is 0.376 e. The maximum absolute atomic E-state index is 12.6. The van der Waals surface area contributed by atoms with E-state index in [1.807, 2.05) is 60.9 Å². The molecule has 0 atom stereocenters. The Labute approximate surface area is 192 Å². The zero-order valence-corrected chi connectivity index (χ0v) is 19.3. The number of anilines is 2. The molecule has 8 heteroatoms. The minimum atomic E-state index is -0.583. The van der Waals surface area contributed by atoms with Crippen molar-refractivity contribution in [2.24, 2.45) is 0 Å². The SMILES string of the molecule is CCOC(=O)c1nc(Nc2ccc(OC)cc2OC)c2c(C)c(C)n(-c3ccccc3)c2n1. The van der Waals surface area contributed by atoms with Crippen LogP contribution >= 0.6 is 0 Å². The first-order valence-electron chi connectivity index (χ1n) is 10.6. The Kier molecular flexibility index (Phi) is 6.17. The number of carbonyl (C=O) groups excluding carboxylic acids is 1. The van der Waals surface area contributed by atoms with Gasteiger partial charge in [-0.3, -0.25) is 4.57 Å². The number of hydrogen-bond donors (Lipinski definition) is 1. The Morgan fingerprint density at radius 2 is 1.79 bits per heavy atom. The average molecular weight is 447 g/mol. The van der Waals surface area contributed by atoms with E-state index in [2.05, 4.69) is 15.3 Å². The molecule has 0 saturated heterocycles. The van der Waals surface area contributed by atoms with E-state index in [0.29, 0.717) is 28.7 Å². The highest BCUT2D eigenvalue weighted by atomic mass is 16.5. The van der Waals surface area contributed by atoms with Crippen LogP contribution in [0.25, 0.3) is 16.7 Å². The van der Waals surface area contributed by atoms with Crippen molar-refractivity contribution in [1.29, 1.82) is 0 Å². The van der Waals surface area contributed by atoms with Crippen molar-refractivity contribution in [2.75, 3.05) is 26.1 Å². The Bertz CT molecular complexity index is 1320. The number of aromatic nitrogens is 3. The molecule has 0 spiro atoms. The molecule has 0 amide bonds. The van der Waals surface area contributed by atoms with Crippen molar-refractivity contribution in [3.63, 3.8) is 0 Å². The number of carbonyl (C=O) groups is 1. The van der Waals surface area contributed by atoms with Gasteiger partial charge in [-0.25, -0.2) is 14.8 Å². The van der Waals surface area contributed by atoms with Crippen LogP contribution in [0.3, 0.4) is 0 Å². The van der Waals surface area contributed by atoms with E-state index in [-0.39, 0.29) is 12.4 Å². The van der Waals surface area contributed by atoms with Gasteiger partial charge in [0, 0.05) is 17.4 Å². The number of para-hydroxylation sites is 1. The maximum atomic E-state index is 12.6. The van der Waals surface area contributed by atoms with Gasteiger partial charge in [0.1, 0.15) is 17.3 Å². The van der Waals surface area contributed by atoms with E-state index in [1.165, 1.54) is 0 Å². The molecule has 0 fully saturated rings. The lowest BCUT2D eigenvalue weighted by molar-refractivity contribution is 0.0512. The molecule has 4 aromatic rings. The molecule has 1 N–H and O–H groups in total. The van der Waals surface area contributed by atoms with Crippen molar-refractivity contribution >= 4 is 28.5 Å². The van der Waals surface area contributed by atoms with Crippen molar-refractivity contribution in [2.45, 2.75) is 20.8 Å². The number of ether oxygens (including phenoxy) is 3. The molecule has 0 bridgehead atoms. The highest BCUT2D eigenvalue weighted by molar-refractivity contribution is 5.98. The number of rotatable bonds is 7. The second-order valence-corrected chi connectivity index (χ2v) is 7.39. The predicted octanol–water partition coefficient (Wildman–Crippen LogP) is 4.97. The van der Waals surface area contributed by atoms with Gasteiger partial charge in [0.05, 0.1) is 31.9 Å². The Morgan fingerprint density at radius 3 is 2.45 bits per heavy atom. The number of aryl methyl sites for hydroxylation is 1. The quantitative estimate of drug-likeness (QED) is 0.401. The first-order chi connectivity index (χ1) is 16.0. The van der Waals surface area contributed by atoms with Crippen LogP contribution in [0.2, 0.25) is 0 Å². The van der Waals surface area contributed by atoms with Crippen molar-refractivity contribution in [1.82, 2.24) is 14.5 Å². The lowest BCUT2D eigenvalue weighted by atomic mass is 10.2. The van der Waals surface area contributed by atoms with Gasteiger partial charge >= 0.3 is 5.97 Å². The van der Waals surface area contributed by atoms with Crippen molar-refractivity contribution in [3.05, 3.63) is 65.6 Å². The molecular formula is C25H26N4O4. The van der Waals surface area contributed by atoms with Crippen LogP contribution in [0.15, 0.2) is 48.5 Å². The van der Waals surface area contributed by atoms with E-state index in [4.69, 9.17) is 14.2 Å². The third-order valence-corrected chi connectivity index (χ3v) is 5.49. The third-order valence-electron chi connectivity index (χ3n) is 5.49. The Hall–Kier alpha value is -4.07. The number of benzene rings is 2. The summed E-state index contributed by atoms with van der Waals surface area (Å²) in [5, 5.41) is 4.14. The highest BCUT2D eigenvalue weighted by Crippen LogP contribution is 2.36. The summed E-state index contributed by atoms with van der Waals surface area (Å²) in [5.74, 6) is 1.13. The zero-order valence-electron chi connectivity index (χ0n) is 19.3. The molecule has 8 nitrogen and oxygen atoms in total. The van der Waals surface area contributed by atoms with Crippen LogP contribution in [0.1, 0.15) is 28.8 Å². The maximum Gasteiger partial charge on any atom is 0.376 e. The van der Waals surface area contributed by atoms with Gasteiger partial charge in [-0.15, -0.1) is 0 Å². The molecule has 0 aliphatic rings. The van der Waals surface area contributed by atoms with E-state index < -0.39 is 5.97 Å². The number of nitrogens with one attached hydrogen (secondary N) is 1. The summed E-state index contributed by atoms with van der Waals surface area (Å²) in [6, 6.07) is 15.3. The Balaban J connectivity index is 1.96. The average Bonchev–Trinajstić information content (AvgIpc) is 3.09. The van der Waals surface area contributed by atoms with Crippen LogP contribution in [0.5, 0.6) is 11.5 Å². The molecule has 33 heavy (non-hydrogen) atoms. The first kappa shape index (κ1) is 22.1. The molecule has 2 aromatic carbocycles. The molecule has 2 heterocycles. The monoisotopic (exact) mass is 446 g/mol. The molecular weight excluding hydrogens is 420 g/mol. The fourth-order valence-corrected chi connectivity index (χ4v) is 3.76. The fraction of sp³-hybridized carbons (Fsp3) is 0.240. The summed E-state index contributed by atoms with van der Waals surface area (Å²) >= 11 is 0. The van der Waals surface area contributed by atoms with Crippen LogP contribution in [0, 0.1) is 13.8 Å². The molecule has 0 unspecified atom stereocenters. The predicted molar refractivity (Wildman–Crippen MR) is 127 cm³/mol. The molecule has 0 radical (unpaired) electrons. The fourth-order valence-electron chi connectivity index (χ4n) is 3.76. The molecule has 0 saturated carbocycles. The normalized spacial score (nSPS) is 10.8. The van der Waals surface area contributed by atoms with Crippen LogP contribution < -0.4 is 14.8 Å². The summed E-state index contributed by atoms with van der Waals surface area (Å²) < 4.78 is 18.0. The zero-order chi connectivity index (χ0) is 23.5. The van der Waals surface area contributed by atoms with Gasteiger partial charge in [0.2, 0.25) is 5.82 Å². The number of fused-ring (bicyclic) bond motifs is 1. The second kappa shape index (κ2) is 9.20. The molecule has 0 aliphatic carbocycles. The van der Waals surface area contributed by atoms with Gasteiger partial charge in [-0.05, 0) is 50.6 Å². The van der Waals surface area contributed by atoms with Gasteiger partial charge in [-0.2, -0.15) is 0 Å².